The van der Waals surface area contributed by atoms with E-state index in [-0.39, 0.29) is 18.7 Å². The van der Waals surface area contributed by atoms with Gasteiger partial charge < -0.3 is 24.2 Å². The van der Waals surface area contributed by atoms with Crippen molar-refractivity contribution < 1.29 is 9.84 Å². The molecule has 172 valence electrons. The average molecular weight is 443 g/mol. The Labute approximate surface area is 185 Å². The summed E-state index contributed by atoms with van der Waals surface area (Å²) >= 11 is 0. The maximum atomic E-state index is 12.7. The summed E-state index contributed by atoms with van der Waals surface area (Å²) in [6.45, 7) is 8.50. The van der Waals surface area contributed by atoms with Crippen LogP contribution in [0, 0.1) is 6.92 Å². The molecular weight excluding hydrogens is 412 g/mol. The number of H-pyrrole nitrogens is 1. The van der Waals surface area contributed by atoms with E-state index in [1.807, 2.05) is 31.2 Å². The fourth-order valence-corrected chi connectivity index (χ4v) is 4.07. The lowest BCUT2D eigenvalue weighted by Gasteiger charge is -2.35. The molecule has 0 amide bonds. The van der Waals surface area contributed by atoms with Crippen molar-refractivity contribution in [2.45, 2.75) is 26.5 Å². The summed E-state index contributed by atoms with van der Waals surface area (Å²) in [6, 6.07) is 7.61. The minimum Gasteiger partial charge on any atom is -0.491 e. The van der Waals surface area contributed by atoms with Crippen molar-refractivity contribution in [3.05, 3.63) is 50.7 Å². The number of aromatic amines is 1. The Balaban J connectivity index is 1.65. The Kier molecular flexibility index (Phi) is 6.33. The predicted octanol–water partition coefficient (Wildman–Crippen LogP) is 0.314. The van der Waals surface area contributed by atoms with Crippen molar-refractivity contribution in [2.75, 3.05) is 44.2 Å². The van der Waals surface area contributed by atoms with Gasteiger partial charge >= 0.3 is 5.69 Å². The highest BCUT2D eigenvalue weighted by Gasteiger charge is 2.25. The first-order valence-electron chi connectivity index (χ1n) is 10.9. The van der Waals surface area contributed by atoms with Crippen LogP contribution in [0.15, 0.2) is 33.9 Å². The molecule has 1 aromatic carbocycles. The number of aromatic nitrogens is 4. The number of hydrogen-bond acceptors (Lipinski definition) is 7. The van der Waals surface area contributed by atoms with Gasteiger partial charge in [-0.2, -0.15) is 4.98 Å². The summed E-state index contributed by atoms with van der Waals surface area (Å²) in [5.41, 5.74) is 0.529. The van der Waals surface area contributed by atoms with Gasteiger partial charge in [-0.05, 0) is 25.1 Å². The van der Waals surface area contributed by atoms with Crippen LogP contribution in [0.5, 0.6) is 5.75 Å². The summed E-state index contributed by atoms with van der Waals surface area (Å²) in [7, 11) is 1.58. The largest absolute Gasteiger partial charge is 0.491 e. The first kappa shape index (κ1) is 22.1. The molecule has 0 radical (unpaired) electrons. The lowest BCUT2D eigenvalue weighted by atomic mass is 10.2. The molecule has 0 saturated carbocycles. The molecule has 1 saturated heterocycles. The number of aryl methyl sites for hydroxylation is 2. The number of aliphatic hydroxyl groups excluding tert-OH is 1. The normalized spacial score (nSPS) is 15.9. The fraction of sp³-hybridized carbons (Fsp3) is 0.500. The number of benzene rings is 1. The quantitative estimate of drug-likeness (QED) is 0.542. The summed E-state index contributed by atoms with van der Waals surface area (Å²) in [6.07, 6.45) is -0.876. The van der Waals surface area contributed by atoms with Crippen LogP contribution in [-0.4, -0.2) is 74.5 Å². The number of imidazole rings is 1. The molecule has 3 aromatic rings. The first-order chi connectivity index (χ1) is 15.4. The summed E-state index contributed by atoms with van der Waals surface area (Å²) in [5, 5.41) is 10.8. The van der Waals surface area contributed by atoms with E-state index >= 15 is 0 Å². The number of piperazine rings is 1. The minimum absolute atomic E-state index is 0.0667. The number of para-hydroxylation sites is 1. The number of aliphatic hydroxyl groups is 1. The Morgan fingerprint density at radius 3 is 2.59 bits per heavy atom. The first-order valence-corrected chi connectivity index (χ1v) is 10.9. The maximum Gasteiger partial charge on any atom is 0.329 e. The van der Waals surface area contributed by atoms with E-state index in [0.29, 0.717) is 17.3 Å². The third-order valence-corrected chi connectivity index (χ3v) is 6.01. The zero-order chi connectivity index (χ0) is 22.8. The molecule has 1 fully saturated rings. The fourth-order valence-electron chi connectivity index (χ4n) is 4.07. The van der Waals surface area contributed by atoms with Crippen LogP contribution in [-0.2, 0) is 13.6 Å². The Morgan fingerprint density at radius 1 is 1.19 bits per heavy atom. The van der Waals surface area contributed by atoms with Gasteiger partial charge in [0.2, 0.25) is 5.95 Å². The monoisotopic (exact) mass is 442 g/mol. The number of hydrogen-bond donors (Lipinski definition) is 2. The molecule has 1 atom stereocenters. The van der Waals surface area contributed by atoms with Crippen molar-refractivity contribution in [3.63, 3.8) is 0 Å². The topological polar surface area (TPSA) is 109 Å². The predicted molar refractivity (Wildman–Crippen MR) is 123 cm³/mol. The number of fused-ring (bicyclic) bond motifs is 1. The molecule has 1 unspecified atom stereocenters. The number of rotatable bonds is 7. The number of nitrogens with zero attached hydrogens (tertiary/aromatic N) is 5. The Morgan fingerprint density at radius 2 is 1.91 bits per heavy atom. The van der Waals surface area contributed by atoms with Gasteiger partial charge in [0.25, 0.3) is 5.56 Å². The van der Waals surface area contributed by atoms with Crippen molar-refractivity contribution in [1.29, 1.82) is 0 Å². The highest BCUT2D eigenvalue weighted by Crippen LogP contribution is 2.22. The number of ether oxygens (including phenoxy) is 1. The highest BCUT2D eigenvalue weighted by molar-refractivity contribution is 5.74. The standard InChI is InChI=1S/C22H30N6O4/c1-4-26-9-11-27(12-10-26)21-23-19-18(20(30)24-22(31)25(19)3)28(21)13-16(29)14-32-17-8-6-5-7-15(17)2/h5-8,16,29H,4,9-14H2,1-3H3,(H,24,30,31). The molecule has 32 heavy (non-hydrogen) atoms. The lowest BCUT2D eigenvalue weighted by molar-refractivity contribution is 0.0932. The third kappa shape index (κ3) is 4.28. The van der Waals surface area contributed by atoms with Gasteiger partial charge in [-0.1, -0.05) is 25.1 Å². The SMILES string of the molecule is CCN1CCN(c2nc3c(c(=O)[nH]c(=O)n3C)n2CC(O)COc2ccccc2C)CC1. The molecule has 1 aliphatic heterocycles. The van der Waals surface area contributed by atoms with Gasteiger partial charge in [0.05, 0.1) is 6.54 Å². The van der Waals surface area contributed by atoms with Gasteiger partial charge in [0.15, 0.2) is 11.2 Å². The van der Waals surface area contributed by atoms with Crippen LogP contribution < -0.4 is 20.9 Å². The lowest BCUT2D eigenvalue weighted by Crippen LogP contribution is -2.47. The zero-order valence-corrected chi connectivity index (χ0v) is 18.7. The molecular formula is C22H30N6O4. The Bertz CT molecular complexity index is 1210. The molecule has 2 N–H and O–H groups in total. The molecule has 0 bridgehead atoms. The van der Waals surface area contributed by atoms with Crippen LogP contribution in [0.4, 0.5) is 5.95 Å². The Hall–Kier alpha value is -3.11. The van der Waals surface area contributed by atoms with E-state index in [2.05, 4.69) is 26.7 Å². The van der Waals surface area contributed by atoms with Gasteiger partial charge in [-0.3, -0.25) is 14.3 Å². The molecule has 0 spiro atoms. The van der Waals surface area contributed by atoms with Gasteiger partial charge in [-0.15, -0.1) is 0 Å². The average Bonchev–Trinajstić information content (AvgIpc) is 3.17. The van der Waals surface area contributed by atoms with E-state index in [1.54, 1.807) is 11.6 Å². The maximum absolute atomic E-state index is 12.7. The minimum atomic E-state index is -0.876. The second-order valence-electron chi connectivity index (χ2n) is 8.16. The van der Waals surface area contributed by atoms with Crippen LogP contribution in [0.3, 0.4) is 0 Å². The van der Waals surface area contributed by atoms with Gasteiger partial charge in [-0.25, -0.2) is 4.79 Å². The van der Waals surface area contributed by atoms with Crippen LogP contribution in [0.2, 0.25) is 0 Å². The molecule has 1 aliphatic rings. The number of likely N-dealkylation sites (N-methyl/N-ethyl adjacent to an activating group) is 1. The zero-order valence-electron chi connectivity index (χ0n) is 18.7. The van der Waals surface area contributed by atoms with Crippen LogP contribution >= 0.6 is 0 Å². The number of nitrogens with one attached hydrogen (secondary N) is 1. The molecule has 10 heteroatoms. The summed E-state index contributed by atoms with van der Waals surface area (Å²) < 4.78 is 8.84. The summed E-state index contributed by atoms with van der Waals surface area (Å²) in [4.78, 5) is 36.3. The number of anilines is 1. The van der Waals surface area contributed by atoms with E-state index in [1.165, 1.54) is 4.57 Å². The third-order valence-electron chi connectivity index (χ3n) is 6.01. The molecule has 4 rings (SSSR count). The van der Waals surface area contributed by atoms with E-state index in [9.17, 15) is 14.7 Å². The van der Waals surface area contributed by atoms with Crippen LogP contribution in [0.25, 0.3) is 11.2 Å². The summed E-state index contributed by atoms with van der Waals surface area (Å²) in [5.74, 6) is 1.29. The molecule has 2 aromatic heterocycles. The second-order valence-corrected chi connectivity index (χ2v) is 8.16. The van der Waals surface area contributed by atoms with E-state index < -0.39 is 17.4 Å². The van der Waals surface area contributed by atoms with Crippen molar-refractivity contribution in [3.8, 4) is 5.75 Å². The van der Waals surface area contributed by atoms with E-state index in [0.717, 1.165) is 38.3 Å². The molecule has 10 nitrogen and oxygen atoms in total. The van der Waals surface area contributed by atoms with E-state index in [4.69, 9.17) is 4.74 Å². The van der Waals surface area contributed by atoms with Gasteiger partial charge in [0, 0.05) is 33.2 Å². The molecule has 3 heterocycles. The second kappa shape index (κ2) is 9.17. The van der Waals surface area contributed by atoms with Gasteiger partial charge in [0.1, 0.15) is 18.5 Å². The van der Waals surface area contributed by atoms with Crippen molar-refractivity contribution >= 4 is 17.1 Å². The highest BCUT2D eigenvalue weighted by atomic mass is 16.5. The van der Waals surface area contributed by atoms with Crippen LogP contribution in [0.1, 0.15) is 12.5 Å². The van der Waals surface area contributed by atoms with Crippen molar-refractivity contribution in [1.82, 2.24) is 24.0 Å². The molecule has 0 aliphatic carbocycles. The van der Waals surface area contributed by atoms with Crippen molar-refractivity contribution in [2.24, 2.45) is 7.05 Å². The smallest absolute Gasteiger partial charge is 0.329 e.